The highest BCUT2D eigenvalue weighted by molar-refractivity contribution is 8.26. The molecule has 1 fully saturated rings. The molecule has 4 rings (SSSR count). The summed E-state index contributed by atoms with van der Waals surface area (Å²) in [6.45, 7) is 0.429. The Bertz CT molecular complexity index is 1230. The number of para-hydroxylation sites is 1. The molecule has 10 heteroatoms. The lowest BCUT2D eigenvalue weighted by Crippen LogP contribution is -2.39. The minimum atomic E-state index is -0.952. The molecule has 2 aliphatic heterocycles. The van der Waals surface area contributed by atoms with Crippen molar-refractivity contribution >= 4 is 63.3 Å². The lowest BCUT2D eigenvalue weighted by Gasteiger charge is -2.17. The first-order chi connectivity index (χ1) is 16.9. The van der Waals surface area contributed by atoms with E-state index in [-0.39, 0.29) is 46.6 Å². The number of anilines is 1. The number of thioether (sulfide) groups is 1. The van der Waals surface area contributed by atoms with Crippen LogP contribution in [0, 0.1) is 0 Å². The van der Waals surface area contributed by atoms with E-state index >= 15 is 0 Å². The van der Waals surface area contributed by atoms with Crippen molar-refractivity contribution in [3.05, 3.63) is 70.6 Å². The largest absolute Gasteiger partial charge is 0.481 e. The first kappa shape index (κ1) is 24.6. The van der Waals surface area contributed by atoms with E-state index in [1.807, 2.05) is 30.3 Å². The van der Waals surface area contributed by atoms with E-state index in [2.05, 4.69) is 5.32 Å². The fourth-order valence-corrected chi connectivity index (χ4v) is 5.36. The fourth-order valence-electron chi connectivity index (χ4n) is 3.98. The van der Waals surface area contributed by atoms with Crippen LogP contribution in [0.4, 0.5) is 5.69 Å². The van der Waals surface area contributed by atoms with Gasteiger partial charge < -0.3 is 10.4 Å². The van der Waals surface area contributed by atoms with E-state index in [4.69, 9.17) is 17.3 Å². The second-order valence-corrected chi connectivity index (χ2v) is 9.66. The lowest BCUT2D eigenvalue weighted by atomic mass is 10.1. The summed E-state index contributed by atoms with van der Waals surface area (Å²) in [7, 11) is 0. The van der Waals surface area contributed by atoms with Gasteiger partial charge in [-0.2, -0.15) is 0 Å². The number of carboxylic acid groups (broad SMARTS) is 1. The second-order valence-electron chi connectivity index (χ2n) is 8.02. The van der Waals surface area contributed by atoms with Crippen LogP contribution in [0.1, 0.15) is 24.0 Å². The van der Waals surface area contributed by atoms with Gasteiger partial charge in [-0.15, -0.1) is 0 Å². The highest BCUT2D eigenvalue weighted by Crippen LogP contribution is 2.44. The Morgan fingerprint density at radius 1 is 0.971 bits per heavy atom. The third kappa shape index (κ3) is 5.44. The van der Waals surface area contributed by atoms with Gasteiger partial charge in [-0.1, -0.05) is 72.5 Å². The molecule has 0 atom stereocenters. The summed E-state index contributed by atoms with van der Waals surface area (Å²) < 4.78 is 0.283. The third-order valence-corrected chi connectivity index (χ3v) is 7.10. The first-order valence-corrected chi connectivity index (χ1v) is 12.3. The number of carbonyl (C=O) groups excluding carboxylic acids is 3. The number of hydrogen-bond donors (Lipinski definition) is 2. The maximum absolute atomic E-state index is 13.4. The number of thiocarbonyl (C=S) groups is 1. The Balaban J connectivity index is 1.49. The van der Waals surface area contributed by atoms with Gasteiger partial charge in [-0.05, 0) is 24.5 Å². The summed E-state index contributed by atoms with van der Waals surface area (Å²) >= 11 is 6.36. The van der Waals surface area contributed by atoms with Crippen LogP contribution in [0.15, 0.2) is 59.5 Å². The molecule has 0 unspecified atom stereocenters. The van der Waals surface area contributed by atoms with Crippen LogP contribution in [0.25, 0.3) is 5.57 Å². The van der Waals surface area contributed by atoms with Gasteiger partial charge >= 0.3 is 5.97 Å². The van der Waals surface area contributed by atoms with Crippen LogP contribution in [0.2, 0.25) is 0 Å². The molecule has 2 N–H and O–H groups in total. The number of fused-ring (bicyclic) bond motifs is 1. The highest BCUT2D eigenvalue weighted by Gasteiger charge is 2.42. The van der Waals surface area contributed by atoms with Gasteiger partial charge in [0, 0.05) is 25.1 Å². The van der Waals surface area contributed by atoms with Gasteiger partial charge in [0.05, 0.1) is 16.2 Å². The number of rotatable bonds is 9. The number of benzene rings is 2. The predicted molar refractivity (Wildman–Crippen MR) is 138 cm³/mol. The number of carboxylic acids is 1. The number of hydrogen-bond acceptors (Lipinski definition) is 6. The van der Waals surface area contributed by atoms with Crippen molar-refractivity contribution in [1.82, 2.24) is 10.2 Å². The molecule has 0 aliphatic carbocycles. The van der Waals surface area contributed by atoms with Crippen LogP contribution in [-0.2, 0) is 25.6 Å². The van der Waals surface area contributed by atoms with Gasteiger partial charge in [0.1, 0.15) is 10.9 Å². The number of amides is 3. The van der Waals surface area contributed by atoms with Gasteiger partial charge in [0.15, 0.2) is 0 Å². The SMILES string of the molecule is O=C(O)CCCN1C(=O)C(=C2C(=O)N(CC(=O)NCCc3ccccc3)c3ccccc32)SC1=S. The molecule has 0 radical (unpaired) electrons. The van der Waals surface area contributed by atoms with E-state index in [9.17, 15) is 19.2 Å². The standard InChI is InChI=1S/C25H23N3O5S2/c29-19(26-13-12-16-7-2-1-3-8-16)15-28-18-10-5-4-9-17(18)21(23(28)32)22-24(33)27(25(34)35-22)14-6-11-20(30)31/h1-5,7-10H,6,11-15H2,(H,26,29)(H,30,31). The van der Waals surface area contributed by atoms with Gasteiger partial charge in [0.25, 0.3) is 11.8 Å². The van der Waals surface area contributed by atoms with Crippen molar-refractivity contribution in [1.29, 1.82) is 0 Å². The molecule has 0 spiro atoms. The Labute approximate surface area is 212 Å². The zero-order valence-corrected chi connectivity index (χ0v) is 20.4. The average Bonchev–Trinajstić information content (AvgIpc) is 3.27. The third-order valence-electron chi connectivity index (χ3n) is 5.65. The van der Waals surface area contributed by atoms with Crippen molar-refractivity contribution in [2.24, 2.45) is 0 Å². The van der Waals surface area contributed by atoms with Gasteiger partial charge in [0.2, 0.25) is 5.91 Å². The van der Waals surface area contributed by atoms with Crippen LogP contribution in [0.3, 0.4) is 0 Å². The smallest absolute Gasteiger partial charge is 0.303 e. The van der Waals surface area contributed by atoms with Crippen LogP contribution >= 0.6 is 24.0 Å². The highest BCUT2D eigenvalue weighted by atomic mass is 32.2. The van der Waals surface area contributed by atoms with E-state index < -0.39 is 17.8 Å². The Morgan fingerprint density at radius 2 is 1.69 bits per heavy atom. The average molecular weight is 510 g/mol. The number of nitrogens with zero attached hydrogens (tertiary/aromatic N) is 2. The topological polar surface area (TPSA) is 107 Å². The zero-order valence-electron chi connectivity index (χ0n) is 18.7. The van der Waals surface area contributed by atoms with Crippen LogP contribution in [-0.4, -0.2) is 57.7 Å². The van der Waals surface area contributed by atoms with Crippen LogP contribution in [0.5, 0.6) is 0 Å². The number of nitrogens with one attached hydrogen (secondary N) is 1. The summed E-state index contributed by atoms with van der Waals surface area (Å²) in [5.74, 6) is -2.11. The van der Waals surface area contributed by atoms with E-state index in [0.717, 1.165) is 17.3 Å². The summed E-state index contributed by atoms with van der Waals surface area (Å²) in [6, 6.07) is 16.8. The molecule has 3 amide bonds. The molecule has 2 aromatic rings. The Hall–Kier alpha value is -3.50. The quantitative estimate of drug-likeness (QED) is 0.395. The van der Waals surface area contributed by atoms with Crippen LogP contribution < -0.4 is 10.2 Å². The molecule has 0 saturated carbocycles. The molecule has 180 valence electrons. The molecule has 2 aromatic carbocycles. The van der Waals surface area contributed by atoms with Crippen molar-refractivity contribution in [2.75, 3.05) is 24.5 Å². The van der Waals surface area contributed by atoms with Crippen molar-refractivity contribution in [3.8, 4) is 0 Å². The maximum atomic E-state index is 13.4. The van der Waals surface area contributed by atoms with Crippen molar-refractivity contribution in [3.63, 3.8) is 0 Å². The maximum Gasteiger partial charge on any atom is 0.303 e. The van der Waals surface area contributed by atoms with Gasteiger partial charge in [-0.25, -0.2) is 0 Å². The summed E-state index contributed by atoms with van der Waals surface area (Å²) in [5.41, 5.74) is 2.45. The second kappa shape index (κ2) is 10.8. The number of aliphatic carboxylic acids is 1. The summed E-state index contributed by atoms with van der Waals surface area (Å²) in [6.07, 6.45) is 0.842. The molecule has 2 heterocycles. The molecule has 35 heavy (non-hydrogen) atoms. The zero-order chi connectivity index (χ0) is 24.9. The summed E-state index contributed by atoms with van der Waals surface area (Å²) in [4.78, 5) is 52.9. The van der Waals surface area contributed by atoms with Gasteiger partial charge in [-0.3, -0.25) is 29.0 Å². The Kier molecular flexibility index (Phi) is 7.62. The minimum Gasteiger partial charge on any atom is -0.481 e. The molecule has 0 bridgehead atoms. The molecule has 0 aromatic heterocycles. The normalized spacial score (nSPS) is 17.2. The van der Waals surface area contributed by atoms with E-state index in [1.54, 1.807) is 24.3 Å². The fraction of sp³-hybridized carbons (Fsp3) is 0.240. The molecular weight excluding hydrogens is 486 g/mol. The predicted octanol–water partition coefficient (Wildman–Crippen LogP) is 2.83. The van der Waals surface area contributed by atoms with Crippen molar-refractivity contribution in [2.45, 2.75) is 19.3 Å². The molecule has 1 saturated heterocycles. The van der Waals surface area contributed by atoms with Crippen molar-refractivity contribution < 1.29 is 24.3 Å². The van der Waals surface area contributed by atoms with E-state index in [0.29, 0.717) is 24.2 Å². The Morgan fingerprint density at radius 3 is 2.43 bits per heavy atom. The minimum absolute atomic E-state index is 0.0854. The summed E-state index contributed by atoms with van der Waals surface area (Å²) in [5, 5.41) is 11.7. The first-order valence-electron chi connectivity index (χ1n) is 11.1. The lowest BCUT2D eigenvalue weighted by molar-refractivity contribution is -0.137. The monoisotopic (exact) mass is 509 g/mol. The molecule has 2 aliphatic rings. The van der Waals surface area contributed by atoms with E-state index in [1.165, 1.54) is 9.80 Å². The molecule has 8 nitrogen and oxygen atoms in total. The number of carbonyl (C=O) groups is 4. The molecular formula is C25H23N3O5S2.